The van der Waals surface area contributed by atoms with E-state index in [0.717, 1.165) is 44.2 Å². The van der Waals surface area contributed by atoms with Crippen LogP contribution in [0.15, 0.2) is 224 Å². The Kier molecular flexibility index (Phi) is 6.57. The van der Waals surface area contributed by atoms with Gasteiger partial charge in [-0.2, -0.15) is 0 Å². The maximum atomic E-state index is 9.63. The van der Waals surface area contributed by atoms with Crippen LogP contribution in [0.4, 0.5) is 17.1 Å². The summed E-state index contributed by atoms with van der Waals surface area (Å²) in [6.45, 7) is 0. The van der Waals surface area contributed by atoms with E-state index in [4.69, 9.17) is 0 Å². The zero-order valence-corrected chi connectivity index (χ0v) is 28.7. The van der Waals surface area contributed by atoms with Gasteiger partial charge in [0.2, 0.25) is 0 Å². The number of fused-ring (bicyclic) bond motifs is 1. The molecule has 0 saturated heterocycles. The van der Waals surface area contributed by atoms with Crippen LogP contribution in [0.25, 0.3) is 66.4 Å². The van der Waals surface area contributed by atoms with Gasteiger partial charge in [-0.1, -0.05) is 188 Å². The molecule has 1 heteroatoms. The van der Waals surface area contributed by atoms with Crippen molar-refractivity contribution in [2.24, 2.45) is 0 Å². The number of nitrogens with zero attached hydrogens (tertiary/aromatic N) is 1. The maximum Gasteiger partial charge on any atom is 0.0645 e. The fourth-order valence-corrected chi connectivity index (χ4v) is 6.77. The predicted molar refractivity (Wildman–Crippen MR) is 226 cm³/mol. The minimum absolute atomic E-state index is 0.108. The highest BCUT2D eigenvalue weighted by Crippen LogP contribution is 2.41. The summed E-state index contributed by atoms with van der Waals surface area (Å²) >= 11 is 0. The van der Waals surface area contributed by atoms with Gasteiger partial charge in [-0.05, 0) is 103 Å². The average Bonchev–Trinajstić information content (AvgIpc) is 3.31. The zero-order valence-electron chi connectivity index (χ0n) is 36.7. The smallest absolute Gasteiger partial charge is 0.0645 e. The summed E-state index contributed by atoms with van der Waals surface area (Å²) < 4.78 is 75.6. The van der Waals surface area contributed by atoms with Crippen molar-refractivity contribution in [2.75, 3.05) is 4.90 Å². The van der Waals surface area contributed by atoms with Gasteiger partial charge in [-0.15, -0.1) is 0 Å². The summed E-state index contributed by atoms with van der Waals surface area (Å²) in [4.78, 5) is 1.35. The highest BCUT2D eigenvalue weighted by atomic mass is 15.1. The minimum Gasteiger partial charge on any atom is -0.311 e. The quantitative estimate of drug-likeness (QED) is 0.154. The summed E-state index contributed by atoms with van der Waals surface area (Å²) in [7, 11) is 0. The molecule has 9 aromatic rings. The van der Waals surface area contributed by atoms with Gasteiger partial charge in [-0.25, -0.2) is 0 Å². The first-order valence-corrected chi connectivity index (χ1v) is 17.5. The van der Waals surface area contributed by atoms with Crippen LogP contribution in [0.3, 0.4) is 0 Å². The number of hydrogen-bond acceptors (Lipinski definition) is 1. The van der Waals surface area contributed by atoms with Crippen molar-refractivity contribution < 1.29 is 11.0 Å². The van der Waals surface area contributed by atoms with Crippen LogP contribution in [0.2, 0.25) is 0 Å². The molecular formula is C52H37N. The number of anilines is 3. The van der Waals surface area contributed by atoms with E-state index in [0.29, 0.717) is 16.8 Å². The van der Waals surface area contributed by atoms with Crippen LogP contribution in [0, 0.1) is 0 Å². The molecular weight excluding hydrogens is 639 g/mol. The van der Waals surface area contributed by atoms with Gasteiger partial charge < -0.3 is 4.90 Å². The van der Waals surface area contributed by atoms with E-state index < -0.39 is 12.1 Å². The van der Waals surface area contributed by atoms with Crippen molar-refractivity contribution in [1.82, 2.24) is 0 Å². The van der Waals surface area contributed by atoms with Gasteiger partial charge in [0.15, 0.2) is 0 Å². The Balaban J connectivity index is 1.25. The monoisotopic (exact) mass is 683 g/mol. The topological polar surface area (TPSA) is 3.24 Å². The van der Waals surface area contributed by atoms with E-state index >= 15 is 0 Å². The second kappa shape index (κ2) is 14.3. The van der Waals surface area contributed by atoms with Crippen molar-refractivity contribution in [3.05, 3.63) is 224 Å². The lowest BCUT2D eigenvalue weighted by Crippen LogP contribution is -2.09. The molecule has 0 aromatic heterocycles. The second-order valence-electron chi connectivity index (χ2n) is 12.7. The van der Waals surface area contributed by atoms with E-state index in [1.54, 1.807) is 36.4 Å². The first-order chi connectivity index (χ1) is 29.6. The van der Waals surface area contributed by atoms with E-state index in [9.17, 15) is 11.0 Å². The van der Waals surface area contributed by atoms with Gasteiger partial charge in [-0.3, -0.25) is 0 Å². The first-order valence-electron chi connectivity index (χ1n) is 21.5. The van der Waals surface area contributed by atoms with E-state index in [1.165, 1.54) is 4.90 Å². The van der Waals surface area contributed by atoms with E-state index in [-0.39, 0.29) is 58.8 Å². The molecule has 250 valence electrons. The molecule has 0 amide bonds. The third kappa shape index (κ3) is 6.53. The number of benzene rings is 9. The zero-order chi connectivity index (χ0) is 42.4. The molecule has 0 fully saturated rings. The molecule has 9 rings (SSSR count). The van der Waals surface area contributed by atoms with Crippen molar-refractivity contribution in [3.63, 3.8) is 0 Å². The maximum absolute atomic E-state index is 9.63. The van der Waals surface area contributed by atoms with Gasteiger partial charge in [0.1, 0.15) is 0 Å². The van der Waals surface area contributed by atoms with Crippen LogP contribution in [0.1, 0.15) is 11.0 Å². The molecule has 0 N–H and O–H groups in total. The number of rotatable bonds is 8. The Morgan fingerprint density at radius 1 is 0.283 bits per heavy atom. The van der Waals surface area contributed by atoms with Gasteiger partial charge in [0, 0.05) is 17.1 Å². The highest BCUT2D eigenvalue weighted by Gasteiger charge is 2.16. The van der Waals surface area contributed by atoms with Crippen LogP contribution >= 0.6 is 0 Å². The molecule has 0 atom stereocenters. The molecule has 53 heavy (non-hydrogen) atoms. The van der Waals surface area contributed by atoms with Crippen molar-refractivity contribution >= 4 is 27.8 Å². The SMILES string of the molecule is [2H]c1c([2H])c(N(c2ccc(-c3ccc(-c4ccccc4)cc3)cc2)c2c([2H])c([2H])c(-c3ccc4ccccc4c3-c3ccccc3)c([2H])c2[2H])c([2H])c([2H])c1-c1ccccc1. The molecule has 0 spiro atoms. The summed E-state index contributed by atoms with van der Waals surface area (Å²) in [5.74, 6) is 0. The summed E-state index contributed by atoms with van der Waals surface area (Å²) in [6, 6.07) is 52.8. The minimum atomic E-state index is -0.396. The van der Waals surface area contributed by atoms with Crippen molar-refractivity contribution in [1.29, 1.82) is 0 Å². The molecule has 0 saturated carbocycles. The van der Waals surface area contributed by atoms with Crippen LogP contribution in [-0.2, 0) is 0 Å². The standard InChI is InChI=1S/C52H37N/c1-4-12-38(13-5-1)40-20-22-41(23-21-40)43-26-33-48(34-27-43)53(47-31-24-42(25-32-47)39-14-6-2-7-15-39)49-35-28-45(29-36-49)51-37-30-44-16-10-11-19-50(44)52(51)46-17-8-3-9-18-46/h1-37H/i24D,25D,28D,29D,31D,32D,35D,36D. The Hall–Kier alpha value is -6.96. The normalized spacial score (nSPS) is 13.1. The third-order valence-corrected chi connectivity index (χ3v) is 9.44. The fraction of sp³-hybridized carbons (Fsp3) is 0. The molecule has 9 aromatic carbocycles. The Bertz CT molecular complexity index is 3020. The Morgan fingerprint density at radius 3 is 1.25 bits per heavy atom. The van der Waals surface area contributed by atoms with Gasteiger partial charge in [0.05, 0.1) is 11.0 Å². The first kappa shape index (κ1) is 24.3. The molecule has 0 unspecified atom stereocenters. The number of hydrogen-bond donors (Lipinski definition) is 0. The van der Waals surface area contributed by atoms with Crippen LogP contribution < -0.4 is 4.90 Å². The predicted octanol–water partition coefficient (Wildman–Crippen LogP) is 14.6. The average molecular weight is 684 g/mol. The second-order valence-corrected chi connectivity index (χ2v) is 12.7. The fourth-order valence-electron chi connectivity index (χ4n) is 6.77. The molecule has 1 nitrogen and oxygen atoms in total. The molecule has 0 aliphatic carbocycles. The molecule has 0 radical (unpaired) electrons. The molecule has 0 aliphatic heterocycles. The summed E-state index contributed by atoms with van der Waals surface area (Å²) in [5.41, 5.74) is 6.80. The Morgan fingerprint density at radius 2 is 0.698 bits per heavy atom. The summed E-state index contributed by atoms with van der Waals surface area (Å²) in [5, 5.41) is 1.85. The lowest BCUT2D eigenvalue weighted by molar-refractivity contribution is 1.28. The van der Waals surface area contributed by atoms with E-state index in [1.807, 2.05) is 127 Å². The molecule has 0 aliphatic rings. The van der Waals surface area contributed by atoms with Crippen LogP contribution in [-0.4, -0.2) is 0 Å². The van der Waals surface area contributed by atoms with Gasteiger partial charge >= 0.3 is 0 Å². The Labute approximate surface area is 323 Å². The molecule has 0 heterocycles. The highest BCUT2D eigenvalue weighted by molar-refractivity contribution is 6.04. The summed E-state index contributed by atoms with van der Waals surface area (Å²) in [6.07, 6.45) is 0. The third-order valence-electron chi connectivity index (χ3n) is 9.44. The van der Waals surface area contributed by atoms with Crippen molar-refractivity contribution in [3.8, 4) is 55.6 Å². The van der Waals surface area contributed by atoms with Gasteiger partial charge in [0.25, 0.3) is 0 Å². The lowest BCUT2D eigenvalue weighted by atomic mass is 9.90. The van der Waals surface area contributed by atoms with E-state index in [2.05, 4.69) is 12.1 Å². The molecule has 0 bridgehead atoms. The lowest BCUT2D eigenvalue weighted by Gasteiger charge is -2.26. The van der Waals surface area contributed by atoms with Crippen LogP contribution in [0.5, 0.6) is 0 Å². The van der Waals surface area contributed by atoms with Crippen molar-refractivity contribution in [2.45, 2.75) is 0 Å². The largest absolute Gasteiger partial charge is 0.311 e.